The summed E-state index contributed by atoms with van der Waals surface area (Å²) in [5.74, 6) is 0.879. The van der Waals surface area contributed by atoms with Crippen LogP contribution in [-0.4, -0.2) is 27.5 Å². The van der Waals surface area contributed by atoms with Crippen molar-refractivity contribution >= 4 is 39.7 Å². The second-order valence-electron chi connectivity index (χ2n) is 3.08. The van der Waals surface area contributed by atoms with Gasteiger partial charge in [-0.1, -0.05) is 11.3 Å². The zero-order valence-electron chi connectivity index (χ0n) is 7.47. The highest BCUT2D eigenvalue weighted by Gasteiger charge is 2.22. The second kappa shape index (κ2) is 4.44. The topological polar surface area (TPSA) is 37.8 Å². The van der Waals surface area contributed by atoms with Crippen molar-refractivity contribution in [3.05, 3.63) is 5.01 Å². The molecule has 0 bridgehead atoms. The highest BCUT2D eigenvalue weighted by atomic mass is 35.5. The number of aryl methyl sites for hydroxylation is 1. The van der Waals surface area contributed by atoms with Gasteiger partial charge in [-0.25, -0.2) is 0 Å². The SMILES string of the molecule is Cc1nnc(NC(C)(CCl)CCl)s1. The van der Waals surface area contributed by atoms with Gasteiger partial charge in [0.25, 0.3) is 0 Å². The Labute approximate surface area is 91.5 Å². The number of anilines is 1. The van der Waals surface area contributed by atoms with Gasteiger partial charge in [-0.15, -0.1) is 33.4 Å². The number of nitrogens with zero attached hydrogens (tertiary/aromatic N) is 2. The Hall–Kier alpha value is -0.0600. The quantitative estimate of drug-likeness (QED) is 0.821. The Kier molecular flexibility index (Phi) is 3.76. The standard InChI is InChI=1S/C7H11Cl2N3S/c1-5-11-12-6(13-5)10-7(2,3-8)4-9/h3-4H2,1-2H3,(H,10,12). The predicted octanol–water partition coefficient (Wildman–Crippen LogP) is 2.49. The van der Waals surface area contributed by atoms with E-state index in [-0.39, 0.29) is 5.54 Å². The molecule has 3 nitrogen and oxygen atoms in total. The first-order valence-corrected chi connectivity index (χ1v) is 5.68. The summed E-state index contributed by atoms with van der Waals surface area (Å²) in [5.41, 5.74) is -0.310. The van der Waals surface area contributed by atoms with Gasteiger partial charge in [0.15, 0.2) is 0 Å². The van der Waals surface area contributed by atoms with Crippen molar-refractivity contribution in [2.45, 2.75) is 19.4 Å². The molecule has 1 aromatic rings. The lowest BCUT2D eigenvalue weighted by atomic mass is 10.1. The van der Waals surface area contributed by atoms with E-state index in [4.69, 9.17) is 23.2 Å². The number of hydrogen-bond donors (Lipinski definition) is 1. The van der Waals surface area contributed by atoms with Gasteiger partial charge in [-0.2, -0.15) is 0 Å². The Bertz CT molecular complexity index is 272. The van der Waals surface area contributed by atoms with E-state index in [1.165, 1.54) is 11.3 Å². The molecule has 0 saturated carbocycles. The lowest BCUT2D eigenvalue weighted by molar-refractivity contribution is 0.646. The van der Waals surface area contributed by atoms with Crippen molar-refractivity contribution in [2.75, 3.05) is 17.1 Å². The van der Waals surface area contributed by atoms with Crippen LogP contribution in [0, 0.1) is 6.92 Å². The number of hydrogen-bond acceptors (Lipinski definition) is 4. The van der Waals surface area contributed by atoms with Crippen LogP contribution in [0.4, 0.5) is 5.13 Å². The highest BCUT2D eigenvalue weighted by molar-refractivity contribution is 7.15. The summed E-state index contributed by atoms with van der Waals surface area (Å²) < 4.78 is 0. The summed E-state index contributed by atoms with van der Waals surface area (Å²) in [6.45, 7) is 3.85. The molecule has 1 N–H and O–H groups in total. The summed E-state index contributed by atoms with van der Waals surface area (Å²) in [4.78, 5) is 0. The molecular weight excluding hydrogens is 229 g/mol. The van der Waals surface area contributed by atoms with Gasteiger partial charge in [-0.3, -0.25) is 0 Å². The largest absolute Gasteiger partial charge is 0.353 e. The lowest BCUT2D eigenvalue weighted by Gasteiger charge is -2.24. The lowest BCUT2D eigenvalue weighted by Crippen LogP contribution is -2.38. The van der Waals surface area contributed by atoms with Crippen molar-refractivity contribution in [3.63, 3.8) is 0 Å². The van der Waals surface area contributed by atoms with E-state index in [0.29, 0.717) is 11.8 Å². The van der Waals surface area contributed by atoms with E-state index in [9.17, 15) is 0 Å². The van der Waals surface area contributed by atoms with Crippen LogP contribution in [0.15, 0.2) is 0 Å². The van der Waals surface area contributed by atoms with E-state index in [1.807, 2.05) is 13.8 Å². The van der Waals surface area contributed by atoms with E-state index in [2.05, 4.69) is 15.5 Å². The molecule has 0 amide bonds. The molecule has 0 unspecified atom stereocenters. The number of halogens is 2. The molecule has 13 heavy (non-hydrogen) atoms. The highest BCUT2D eigenvalue weighted by Crippen LogP contribution is 2.21. The molecule has 0 aromatic carbocycles. The Morgan fingerprint density at radius 2 is 2.00 bits per heavy atom. The molecule has 1 aromatic heterocycles. The predicted molar refractivity (Wildman–Crippen MR) is 58.1 cm³/mol. The normalized spacial score (nSPS) is 11.7. The zero-order chi connectivity index (χ0) is 9.90. The van der Waals surface area contributed by atoms with Crippen molar-refractivity contribution in [2.24, 2.45) is 0 Å². The molecular formula is C7H11Cl2N3S. The van der Waals surface area contributed by atoms with Gasteiger partial charge in [0.05, 0.1) is 5.54 Å². The molecule has 1 heterocycles. The maximum atomic E-state index is 5.78. The fraction of sp³-hybridized carbons (Fsp3) is 0.714. The third-order valence-electron chi connectivity index (χ3n) is 1.52. The first kappa shape index (κ1) is 11.0. The molecule has 0 aliphatic rings. The van der Waals surface area contributed by atoms with Crippen LogP contribution < -0.4 is 5.32 Å². The first-order chi connectivity index (χ1) is 6.09. The van der Waals surface area contributed by atoms with Crippen LogP contribution in [0.25, 0.3) is 0 Å². The van der Waals surface area contributed by atoms with Crippen LogP contribution in [0.2, 0.25) is 0 Å². The number of aromatic nitrogens is 2. The van der Waals surface area contributed by atoms with E-state index < -0.39 is 0 Å². The third kappa shape index (κ3) is 2.97. The van der Waals surface area contributed by atoms with Crippen LogP contribution in [-0.2, 0) is 0 Å². The van der Waals surface area contributed by atoms with Crippen molar-refractivity contribution in [1.29, 1.82) is 0 Å². The monoisotopic (exact) mass is 239 g/mol. The number of nitrogens with one attached hydrogen (secondary N) is 1. The van der Waals surface area contributed by atoms with Crippen LogP contribution in [0.3, 0.4) is 0 Å². The van der Waals surface area contributed by atoms with E-state index in [1.54, 1.807) is 0 Å². The molecule has 0 fully saturated rings. The molecule has 0 spiro atoms. The van der Waals surface area contributed by atoms with Crippen LogP contribution >= 0.6 is 34.5 Å². The summed E-state index contributed by atoms with van der Waals surface area (Å²) in [7, 11) is 0. The van der Waals surface area contributed by atoms with E-state index in [0.717, 1.165) is 10.1 Å². The number of rotatable bonds is 4. The van der Waals surface area contributed by atoms with Crippen LogP contribution in [0.1, 0.15) is 11.9 Å². The van der Waals surface area contributed by atoms with Crippen molar-refractivity contribution in [3.8, 4) is 0 Å². The van der Waals surface area contributed by atoms with Gasteiger partial charge in [0.1, 0.15) is 5.01 Å². The zero-order valence-corrected chi connectivity index (χ0v) is 9.80. The van der Waals surface area contributed by atoms with Gasteiger partial charge in [-0.05, 0) is 13.8 Å². The average Bonchev–Trinajstić information content (AvgIpc) is 2.51. The summed E-state index contributed by atoms with van der Waals surface area (Å²) in [5, 5.41) is 12.7. The maximum absolute atomic E-state index is 5.78. The van der Waals surface area contributed by atoms with E-state index >= 15 is 0 Å². The summed E-state index contributed by atoms with van der Waals surface area (Å²) in [6, 6.07) is 0. The van der Waals surface area contributed by atoms with Gasteiger partial charge in [0, 0.05) is 11.8 Å². The maximum Gasteiger partial charge on any atom is 0.206 e. The minimum Gasteiger partial charge on any atom is -0.353 e. The minimum absolute atomic E-state index is 0.310. The van der Waals surface area contributed by atoms with Crippen LogP contribution in [0.5, 0.6) is 0 Å². The molecule has 0 aliphatic carbocycles. The molecule has 0 aliphatic heterocycles. The van der Waals surface area contributed by atoms with Crippen molar-refractivity contribution in [1.82, 2.24) is 10.2 Å². The fourth-order valence-electron chi connectivity index (χ4n) is 0.708. The molecule has 74 valence electrons. The van der Waals surface area contributed by atoms with Gasteiger partial charge in [0.2, 0.25) is 5.13 Å². The molecule has 0 saturated heterocycles. The van der Waals surface area contributed by atoms with Gasteiger partial charge < -0.3 is 5.32 Å². The first-order valence-electron chi connectivity index (χ1n) is 3.80. The van der Waals surface area contributed by atoms with Crippen molar-refractivity contribution < 1.29 is 0 Å². The number of alkyl halides is 2. The Balaban J connectivity index is 2.67. The summed E-state index contributed by atoms with van der Waals surface area (Å²) >= 11 is 13.0. The fourth-order valence-corrected chi connectivity index (χ4v) is 1.87. The molecule has 1 rings (SSSR count). The Morgan fingerprint density at radius 1 is 1.38 bits per heavy atom. The van der Waals surface area contributed by atoms with Gasteiger partial charge >= 0.3 is 0 Å². The third-order valence-corrected chi connectivity index (χ3v) is 3.46. The second-order valence-corrected chi connectivity index (χ2v) is 4.80. The average molecular weight is 240 g/mol. The Morgan fingerprint density at radius 3 is 2.38 bits per heavy atom. The molecule has 0 atom stereocenters. The summed E-state index contributed by atoms with van der Waals surface area (Å²) in [6.07, 6.45) is 0. The molecule has 0 radical (unpaired) electrons. The molecule has 6 heteroatoms. The smallest absolute Gasteiger partial charge is 0.206 e. The minimum atomic E-state index is -0.310.